The van der Waals surface area contributed by atoms with Gasteiger partial charge in [-0.3, -0.25) is 10.1 Å². The molecular formula is C25H29N3O6S. The molecule has 0 bridgehead atoms. The van der Waals surface area contributed by atoms with Crippen molar-refractivity contribution in [2.24, 2.45) is 0 Å². The van der Waals surface area contributed by atoms with E-state index in [4.69, 9.17) is 18.9 Å². The summed E-state index contributed by atoms with van der Waals surface area (Å²) in [5.74, 6) is 0.903. The van der Waals surface area contributed by atoms with Gasteiger partial charge in [0.1, 0.15) is 10.7 Å². The molecule has 0 spiro atoms. The topological polar surface area (TPSA) is 108 Å². The molecule has 10 heteroatoms. The second kappa shape index (κ2) is 12.6. The van der Waals surface area contributed by atoms with Gasteiger partial charge in [0, 0.05) is 11.1 Å². The van der Waals surface area contributed by atoms with Crippen LogP contribution in [0.5, 0.6) is 17.2 Å². The lowest BCUT2D eigenvalue weighted by Gasteiger charge is -2.17. The van der Waals surface area contributed by atoms with Crippen LogP contribution in [0.15, 0.2) is 42.5 Å². The summed E-state index contributed by atoms with van der Waals surface area (Å²) in [7, 11) is 0. The van der Waals surface area contributed by atoms with Gasteiger partial charge in [-0.15, -0.1) is 0 Å². The van der Waals surface area contributed by atoms with Crippen LogP contribution in [0.3, 0.4) is 0 Å². The molecule has 0 aliphatic heterocycles. The molecule has 2 N–H and O–H groups in total. The molecule has 0 fully saturated rings. The van der Waals surface area contributed by atoms with E-state index in [0.717, 1.165) is 16.9 Å². The van der Waals surface area contributed by atoms with Crippen molar-refractivity contribution in [1.29, 1.82) is 0 Å². The van der Waals surface area contributed by atoms with E-state index in [9.17, 15) is 9.59 Å². The van der Waals surface area contributed by atoms with Crippen LogP contribution >= 0.6 is 11.3 Å². The number of amides is 2. The summed E-state index contributed by atoms with van der Waals surface area (Å²) in [6, 6.07) is 12.6. The summed E-state index contributed by atoms with van der Waals surface area (Å²) in [5.41, 5.74) is 1.64. The standard InChI is InChI=1S/C25H29N3O6S/c1-5-31-18-14-17(15-19(32-6-2)21(18)33-7-3)22(29)27-23-20(16-12-10-9-11-13-16)26-24(35-23)28-25(30)34-8-4/h9-15H,5-8H2,1-4H3,(H,27,29)(H,26,28,30). The zero-order valence-electron chi connectivity index (χ0n) is 20.2. The van der Waals surface area contributed by atoms with Crippen LogP contribution in [0.25, 0.3) is 11.3 Å². The van der Waals surface area contributed by atoms with Crippen LogP contribution in [0, 0.1) is 0 Å². The molecule has 35 heavy (non-hydrogen) atoms. The molecule has 1 aromatic heterocycles. The summed E-state index contributed by atoms with van der Waals surface area (Å²) < 4.78 is 22.1. The monoisotopic (exact) mass is 499 g/mol. The van der Waals surface area contributed by atoms with Crippen LogP contribution in [0.4, 0.5) is 14.9 Å². The van der Waals surface area contributed by atoms with Crippen molar-refractivity contribution in [3.63, 3.8) is 0 Å². The minimum Gasteiger partial charge on any atom is -0.490 e. The fraction of sp³-hybridized carbons (Fsp3) is 0.320. The molecule has 0 saturated carbocycles. The Labute approximate surface area is 208 Å². The average Bonchev–Trinajstić information content (AvgIpc) is 3.23. The number of ether oxygens (including phenoxy) is 4. The fourth-order valence-electron chi connectivity index (χ4n) is 3.20. The molecule has 0 radical (unpaired) electrons. The lowest BCUT2D eigenvalue weighted by molar-refractivity contribution is 0.102. The van der Waals surface area contributed by atoms with Crippen LogP contribution in [-0.2, 0) is 4.74 Å². The third kappa shape index (κ3) is 6.63. The van der Waals surface area contributed by atoms with E-state index in [1.54, 1.807) is 19.1 Å². The van der Waals surface area contributed by atoms with Crippen LogP contribution in [0.2, 0.25) is 0 Å². The number of carbonyl (C=O) groups excluding carboxylic acids is 2. The first kappa shape index (κ1) is 25.8. The summed E-state index contributed by atoms with van der Waals surface area (Å²) in [5, 5.41) is 6.28. The predicted molar refractivity (Wildman–Crippen MR) is 136 cm³/mol. The van der Waals surface area contributed by atoms with Crippen LogP contribution in [0.1, 0.15) is 38.1 Å². The van der Waals surface area contributed by atoms with Gasteiger partial charge in [-0.05, 0) is 39.8 Å². The highest BCUT2D eigenvalue weighted by atomic mass is 32.1. The number of hydrogen-bond acceptors (Lipinski definition) is 8. The summed E-state index contributed by atoms with van der Waals surface area (Å²) in [4.78, 5) is 29.7. The van der Waals surface area contributed by atoms with Crippen molar-refractivity contribution in [3.8, 4) is 28.5 Å². The number of nitrogens with one attached hydrogen (secondary N) is 2. The molecule has 186 valence electrons. The van der Waals surface area contributed by atoms with Crippen molar-refractivity contribution in [1.82, 2.24) is 4.98 Å². The van der Waals surface area contributed by atoms with Gasteiger partial charge in [0.15, 0.2) is 16.6 Å². The molecule has 3 rings (SSSR count). The highest BCUT2D eigenvalue weighted by Crippen LogP contribution is 2.40. The normalized spacial score (nSPS) is 10.4. The van der Waals surface area contributed by atoms with Gasteiger partial charge >= 0.3 is 6.09 Å². The SMILES string of the molecule is CCOC(=O)Nc1nc(-c2ccccc2)c(NC(=O)c2cc(OCC)c(OCC)c(OCC)c2)s1. The Kier molecular flexibility index (Phi) is 9.31. The van der Waals surface area contributed by atoms with Gasteiger partial charge in [-0.2, -0.15) is 0 Å². The molecule has 0 unspecified atom stereocenters. The van der Waals surface area contributed by atoms with E-state index >= 15 is 0 Å². The molecule has 0 saturated heterocycles. The number of carbonyl (C=O) groups is 2. The number of benzene rings is 2. The first-order valence-corrected chi connectivity index (χ1v) is 12.2. The fourth-order valence-corrected chi connectivity index (χ4v) is 4.07. The van der Waals surface area contributed by atoms with Gasteiger partial charge in [0.2, 0.25) is 5.75 Å². The Morgan fingerprint density at radius 3 is 2.06 bits per heavy atom. The largest absolute Gasteiger partial charge is 0.490 e. The predicted octanol–water partition coefficient (Wildman–Crippen LogP) is 5.83. The van der Waals surface area contributed by atoms with Crippen molar-refractivity contribution < 1.29 is 28.5 Å². The maximum atomic E-state index is 13.3. The maximum absolute atomic E-state index is 13.3. The molecule has 1 heterocycles. The number of anilines is 2. The Morgan fingerprint density at radius 1 is 0.857 bits per heavy atom. The number of aromatic nitrogens is 1. The third-order valence-corrected chi connectivity index (χ3v) is 5.44. The van der Waals surface area contributed by atoms with Crippen molar-refractivity contribution >= 4 is 33.5 Å². The number of hydrogen-bond donors (Lipinski definition) is 2. The highest BCUT2D eigenvalue weighted by molar-refractivity contribution is 7.20. The van der Waals surface area contributed by atoms with Crippen LogP contribution < -0.4 is 24.8 Å². The van der Waals surface area contributed by atoms with Crippen molar-refractivity contribution in [2.75, 3.05) is 37.1 Å². The lowest BCUT2D eigenvalue weighted by Crippen LogP contribution is -2.13. The van der Waals surface area contributed by atoms with E-state index in [0.29, 0.717) is 58.5 Å². The summed E-state index contributed by atoms with van der Waals surface area (Å²) >= 11 is 1.13. The zero-order chi connectivity index (χ0) is 25.2. The number of rotatable bonds is 11. The molecule has 0 aliphatic rings. The third-order valence-electron chi connectivity index (χ3n) is 4.56. The Hall–Kier alpha value is -3.79. The Balaban J connectivity index is 1.97. The smallest absolute Gasteiger partial charge is 0.413 e. The first-order chi connectivity index (χ1) is 17.0. The number of thiazole rings is 1. The lowest BCUT2D eigenvalue weighted by atomic mass is 10.1. The molecule has 9 nitrogen and oxygen atoms in total. The minimum absolute atomic E-state index is 0.231. The van der Waals surface area contributed by atoms with E-state index in [-0.39, 0.29) is 6.61 Å². The second-order valence-electron chi connectivity index (χ2n) is 6.96. The molecule has 3 aromatic rings. The van der Waals surface area contributed by atoms with Gasteiger partial charge in [-0.1, -0.05) is 41.7 Å². The zero-order valence-corrected chi connectivity index (χ0v) is 21.0. The van der Waals surface area contributed by atoms with E-state index in [1.807, 2.05) is 51.1 Å². The van der Waals surface area contributed by atoms with Gasteiger partial charge in [0.05, 0.1) is 26.4 Å². The maximum Gasteiger partial charge on any atom is 0.413 e. The first-order valence-electron chi connectivity index (χ1n) is 11.4. The molecular weight excluding hydrogens is 470 g/mol. The average molecular weight is 500 g/mol. The van der Waals surface area contributed by atoms with Crippen molar-refractivity contribution in [3.05, 3.63) is 48.0 Å². The van der Waals surface area contributed by atoms with Crippen molar-refractivity contribution in [2.45, 2.75) is 27.7 Å². The summed E-state index contributed by atoms with van der Waals surface area (Å²) in [6.45, 7) is 8.72. The molecule has 2 amide bonds. The Morgan fingerprint density at radius 2 is 1.49 bits per heavy atom. The Bertz CT molecular complexity index is 1120. The van der Waals surface area contributed by atoms with Gasteiger partial charge in [-0.25, -0.2) is 9.78 Å². The summed E-state index contributed by atoms with van der Waals surface area (Å²) in [6.07, 6.45) is -0.618. The minimum atomic E-state index is -0.618. The molecule has 0 aliphatic carbocycles. The van der Waals surface area contributed by atoms with Crippen LogP contribution in [-0.4, -0.2) is 43.4 Å². The van der Waals surface area contributed by atoms with Gasteiger partial charge in [0.25, 0.3) is 5.91 Å². The second-order valence-corrected chi connectivity index (χ2v) is 7.96. The molecule has 2 aromatic carbocycles. The highest BCUT2D eigenvalue weighted by Gasteiger charge is 2.21. The van der Waals surface area contributed by atoms with Gasteiger partial charge < -0.3 is 24.3 Å². The molecule has 0 atom stereocenters. The van der Waals surface area contributed by atoms with E-state index < -0.39 is 12.0 Å². The quantitative estimate of drug-likeness (QED) is 0.342. The number of nitrogens with zero attached hydrogens (tertiary/aromatic N) is 1. The van der Waals surface area contributed by atoms with E-state index in [1.165, 1.54) is 0 Å². The van der Waals surface area contributed by atoms with E-state index in [2.05, 4.69) is 15.6 Å².